The van der Waals surface area contributed by atoms with Crippen LogP contribution in [0, 0.1) is 0 Å². The van der Waals surface area contributed by atoms with Crippen molar-refractivity contribution in [1.82, 2.24) is 5.32 Å². The van der Waals surface area contributed by atoms with E-state index in [2.05, 4.69) is 5.32 Å². The van der Waals surface area contributed by atoms with E-state index in [0.29, 0.717) is 6.54 Å². The van der Waals surface area contributed by atoms with Crippen molar-refractivity contribution in [3.05, 3.63) is 12.3 Å². The molecule has 0 unspecified atom stereocenters. The van der Waals surface area contributed by atoms with E-state index in [9.17, 15) is 0 Å². The molecule has 0 aliphatic heterocycles. The molecule has 0 amide bonds. The second-order valence-corrected chi connectivity index (χ2v) is 2.43. The minimum atomic E-state index is 0.639. The van der Waals surface area contributed by atoms with Crippen LogP contribution >= 0.6 is 0 Å². The average Bonchev–Trinajstić information content (AvgIpc) is 1.76. The molecule has 0 aromatic carbocycles. The first kappa shape index (κ1) is 6.62. The Labute approximate surface area is 56.1 Å². The van der Waals surface area contributed by atoms with Crippen LogP contribution in [0.15, 0.2) is 12.3 Å². The van der Waals surface area contributed by atoms with Crippen molar-refractivity contribution in [3.8, 4) is 0 Å². The van der Waals surface area contributed by atoms with Gasteiger partial charge in [-0.15, -0.1) is 0 Å². The van der Waals surface area contributed by atoms with Crippen LogP contribution in [-0.2, 0) is 0 Å². The zero-order chi connectivity index (χ0) is 6.53. The molecular weight excluding hydrogens is 112 g/mol. The molecule has 1 aliphatic rings. The molecule has 0 spiro atoms. The van der Waals surface area contributed by atoms with Crippen LogP contribution in [0.1, 0.15) is 19.3 Å². The van der Waals surface area contributed by atoms with Crippen LogP contribution in [0.3, 0.4) is 0 Å². The number of hydrogen-bond donors (Lipinski definition) is 2. The van der Waals surface area contributed by atoms with Crippen molar-refractivity contribution < 1.29 is 0 Å². The van der Waals surface area contributed by atoms with Gasteiger partial charge < -0.3 is 11.1 Å². The van der Waals surface area contributed by atoms with Crippen LogP contribution in [0.4, 0.5) is 0 Å². The lowest BCUT2D eigenvalue weighted by Crippen LogP contribution is -2.31. The van der Waals surface area contributed by atoms with Gasteiger partial charge in [-0.25, -0.2) is 0 Å². The Balaban J connectivity index is 1.97. The molecule has 1 rings (SSSR count). The van der Waals surface area contributed by atoms with Crippen LogP contribution in [-0.4, -0.2) is 12.6 Å². The highest BCUT2D eigenvalue weighted by atomic mass is 14.9. The summed E-state index contributed by atoms with van der Waals surface area (Å²) in [5.74, 6) is 0. The van der Waals surface area contributed by atoms with Crippen molar-refractivity contribution in [2.45, 2.75) is 25.3 Å². The van der Waals surface area contributed by atoms with E-state index in [1.165, 1.54) is 19.3 Å². The van der Waals surface area contributed by atoms with Crippen molar-refractivity contribution in [1.29, 1.82) is 0 Å². The van der Waals surface area contributed by atoms with Gasteiger partial charge in [-0.05, 0) is 25.5 Å². The summed E-state index contributed by atoms with van der Waals surface area (Å²) in [5, 5.41) is 3.26. The third kappa shape index (κ3) is 2.06. The number of rotatable bonds is 3. The quantitative estimate of drug-likeness (QED) is 0.581. The zero-order valence-corrected chi connectivity index (χ0v) is 5.64. The van der Waals surface area contributed by atoms with E-state index in [0.717, 1.165) is 6.04 Å². The molecule has 9 heavy (non-hydrogen) atoms. The summed E-state index contributed by atoms with van der Waals surface area (Å²) in [6, 6.07) is 0.743. The fraction of sp³-hybridized carbons (Fsp3) is 0.714. The van der Waals surface area contributed by atoms with Crippen LogP contribution in [0.5, 0.6) is 0 Å². The normalized spacial score (nSPS) is 20.1. The predicted octanol–water partition coefficient (Wildman–Crippen LogP) is 0.601. The van der Waals surface area contributed by atoms with Crippen molar-refractivity contribution in [3.63, 3.8) is 0 Å². The molecule has 0 saturated heterocycles. The van der Waals surface area contributed by atoms with Gasteiger partial charge in [-0.2, -0.15) is 0 Å². The Hall–Kier alpha value is -0.500. The Morgan fingerprint density at radius 2 is 2.33 bits per heavy atom. The molecule has 0 bridgehead atoms. The van der Waals surface area contributed by atoms with Crippen molar-refractivity contribution >= 4 is 0 Å². The molecule has 1 fully saturated rings. The Morgan fingerprint density at radius 1 is 1.56 bits per heavy atom. The predicted molar refractivity (Wildman–Crippen MR) is 39.0 cm³/mol. The Bertz CT molecular complexity index is 95.1. The van der Waals surface area contributed by atoms with Gasteiger partial charge in [-0.3, -0.25) is 0 Å². The van der Waals surface area contributed by atoms with Gasteiger partial charge >= 0.3 is 0 Å². The van der Waals surface area contributed by atoms with Crippen LogP contribution < -0.4 is 11.1 Å². The molecule has 0 radical (unpaired) electrons. The first-order valence-corrected chi connectivity index (χ1v) is 3.54. The third-order valence-electron chi connectivity index (χ3n) is 1.69. The largest absolute Gasteiger partial charge is 0.388 e. The zero-order valence-electron chi connectivity index (χ0n) is 5.64. The molecule has 0 aromatic rings. The van der Waals surface area contributed by atoms with Gasteiger partial charge in [0.15, 0.2) is 0 Å². The summed E-state index contributed by atoms with van der Waals surface area (Å²) in [7, 11) is 0. The second kappa shape index (κ2) is 3.51. The first-order valence-electron chi connectivity index (χ1n) is 3.54. The van der Waals surface area contributed by atoms with E-state index in [4.69, 9.17) is 5.73 Å². The standard InChI is InChI=1S/C7H14N2/c8-5-2-6-9-7-3-1-4-7/h2,6-7,9H,1,3-5,8H2/b6-2-. The third-order valence-corrected chi connectivity index (χ3v) is 1.69. The summed E-state index contributed by atoms with van der Waals surface area (Å²) in [6.07, 6.45) is 7.94. The number of hydrogen-bond acceptors (Lipinski definition) is 2. The first-order chi connectivity index (χ1) is 4.43. The van der Waals surface area contributed by atoms with Crippen molar-refractivity contribution in [2.75, 3.05) is 6.54 Å². The number of nitrogens with one attached hydrogen (secondary N) is 1. The molecule has 0 atom stereocenters. The average molecular weight is 126 g/mol. The molecule has 3 N–H and O–H groups in total. The lowest BCUT2D eigenvalue weighted by Gasteiger charge is -2.25. The Kier molecular flexibility index (Phi) is 2.58. The van der Waals surface area contributed by atoms with Gasteiger partial charge in [0.1, 0.15) is 0 Å². The van der Waals surface area contributed by atoms with E-state index < -0.39 is 0 Å². The maximum atomic E-state index is 5.25. The van der Waals surface area contributed by atoms with E-state index in [1.807, 2.05) is 12.3 Å². The smallest absolute Gasteiger partial charge is 0.0255 e. The van der Waals surface area contributed by atoms with E-state index >= 15 is 0 Å². The fourth-order valence-corrected chi connectivity index (χ4v) is 0.847. The maximum absolute atomic E-state index is 5.25. The lowest BCUT2D eigenvalue weighted by molar-refractivity contribution is 0.373. The molecule has 52 valence electrons. The highest BCUT2D eigenvalue weighted by molar-refractivity contribution is 4.86. The summed E-state index contributed by atoms with van der Waals surface area (Å²) in [4.78, 5) is 0. The van der Waals surface area contributed by atoms with Gasteiger partial charge in [0, 0.05) is 12.6 Å². The molecule has 0 aromatic heterocycles. The minimum absolute atomic E-state index is 0.639. The van der Waals surface area contributed by atoms with E-state index in [1.54, 1.807) is 0 Å². The maximum Gasteiger partial charge on any atom is 0.0255 e. The summed E-state index contributed by atoms with van der Waals surface area (Å²) in [6.45, 7) is 0.639. The fourth-order valence-electron chi connectivity index (χ4n) is 0.847. The van der Waals surface area contributed by atoms with Gasteiger partial charge in [0.25, 0.3) is 0 Å². The molecule has 2 heteroatoms. The summed E-state index contributed by atoms with van der Waals surface area (Å²) in [5.41, 5.74) is 5.25. The summed E-state index contributed by atoms with van der Waals surface area (Å²) >= 11 is 0. The lowest BCUT2D eigenvalue weighted by atomic mass is 9.93. The topological polar surface area (TPSA) is 38.0 Å². The molecule has 1 aliphatic carbocycles. The monoisotopic (exact) mass is 126 g/mol. The Morgan fingerprint density at radius 3 is 2.78 bits per heavy atom. The second-order valence-electron chi connectivity index (χ2n) is 2.43. The van der Waals surface area contributed by atoms with Gasteiger partial charge in [-0.1, -0.05) is 6.08 Å². The van der Waals surface area contributed by atoms with Crippen LogP contribution in [0.25, 0.3) is 0 Å². The SMILES string of the molecule is NC/C=C\NC1CCC1. The summed E-state index contributed by atoms with van der Waals surface area (Å²) < 4.78 is 0. The molecule has 1 saturated carbocycles. The van der Waals surface area contributed by atoms with Crippen LogP contribution in [0.2, 0.25) is 0 Å². The van der Waals surface area contributed by atoms with Crippen molar-refractivity contribution in [2.24, 2.45) is 5.73 Å². The van der Waals surface area contributed by atoms with Gasteiger partial charge in [0.2, 0.25) is 0 Å². The number of nitrogens with two attached hydrogens (primary N) is 1. The molecule has 0 heterocycles. The van der Waals surface area contributed by atoms with Gasteiger partial charge in [0.05, 0.1) is 0 Å². The highest BCUT2D eigenvalue weighted by Crippen LogP contribution is 2.17. The molecule has 2 nitrogen and oxygen atoms in total. The van der Waals surface area contributed by atoms with E-state index in [-0.39, 0.29) is 0 Å². The highest BCUT2D eigenvalue weighted by Gasteiger charge is 2.14. The minimum Gasteiger partial charge on any atom is -0.388 e. The molecular formula is C7H14N2.